The number of hydrogen-bond acceptors (Lipinski definition) is 4. The van der Waals surface area contributed by atoms with Crippen LogP contribution >= 0.6 is 23.4 Å². The molecule has 1 heterocycles. The average Bonchev–Trinajstić information content (AvgIpc) is 2.71. The topological polar surface area (TPSA) is 51.2 Å². The minimum Gasteiger partial charge on any atom is -0.495 e. The standard InChI is InChI=1S/C22H21ClN2O2S/c1-27-20-11-10-14(23)12-19(20)25-21(26)13-28-22-15-6-2-4-8-17(15)24-18-9-5-3-7-16(18)22/h2,4,6,8,10-12H,3,5,7,9,13H2,1H3,(H,25,26). The number of carbonyl (C=O) groups excluding carboxylic acids is 1. The van der Waals surface area contributed by atoms with Crippen molar-refractivity contribution in [3.05, 3.63) is 58.7 Å². The van der Waals surface area contributed by atoms with Crippen LogP contribution in [0.5, 0.6) is 5.75 Å². The lowest BCUT2D eigenvalue weighted by Gasteiger charge is -2.20. The highest BCUT2D eigenvalue weighted by Gasteiger charge is 2.19. The number of anilines is 1. The number of nitrogens with one attached hydrogen (secondary N) is 1. The van der Waals surface area contributed by atoms with Gasteiger partial charge in [-0.15, -0.1) is 11.8 Å². The molecule has 0 radical (unpaired) electrons. The molecule has 28 heavy (non-hydrogen) atoms. The summed E-state index contributed by atoms with van der Waals surface area (Å²) in [6.07, 6.45) is 4.39. The van der Waals surface area contributed by atoms with Gasteiger partial charge in [-0.2, -0.15) is 0 Å². The number of pyridine rings is 1. The Balaban J connectivity index is 1.57. The van der Waals surface area contributed by atoms with Crippen molar-refractivity contribution in [3.8, 4) is 5.75 Å². The Bertz CT molecular complexity index is 1040. The summed E-state index contributed by atoms with van der Waals surface area (Å²) in [6, 6.07) is 13.4. The first-order chi connectivity index (χ1) is 13.7. The third kappa shape index (κ3) is 3.96. The van der Waals surface area contributed by atoms with Crippen molar-refractivity contribution in [2.45, 2.75) is 30.6 Å². The Morgan fingerprint density at radius 1 is 1.21 bits per heavy atom. The van der Waals surface area contributed by atoms with Crippen molar-refractivity contribution in [2.24, 2.45) is 0 Å². The quantitative estimate of drug-likeness (QED) is 0.561. The highest BCUT2D eigenvalue weighted by Crippen LogP contribution is 2.36. The number of para-hydroxylation sites is 1. The summed E-state index contributed by atoms with van der Waals surface area (Å²) in [6.45, 7) is 0. The largest absolute Gasteiger partial charge is 0.495 e. The van der Waals surface area contributed by atoms with E-state index in [9.17, 15) is 4.79 Å². The van der Waals surface area contributed by atoms with Crippen molar-refractivity contribution in [3.63, 3.8) is 0 Å². The third-order valence-corrected chi connectivity index (χ3v) is 6.30. The number of methoxy groups -OCH3 is 1. The summed E-state index contributed by atoms with van der Waals surface area (Å²) in [5.74, 6) is 0.821. The van der Waals surface area contributed by atoms with Crippen molar-refractivity contribution in [1.82, 2.24) is 4.98 Å². The second-order valence-electron chi connectivity index (χ2n) is 6.77. The van der Waals surface area contributed by atoms with E-state index in [0.29, 0.717) is 22.2 Å². The number of nitrogens with zero attached hydrogens (tertiary/aromatic N) is 1. The van der Waals surface area contributed by atoms with Crippen molar-refractivity contribution in [2.75, 3.05) is 18.2 Å². The molecule has 1 N–H and O–H groups in total. The molecule has 0 spiro atoms. The van der Waals surface area contributed by atoms with Gasteiger partial charge in [-0.05, 0) is 55.5 Å². The van der Waals surface area contributed by atoms with Gasteiger partial charge in [0.25, 0.3) is 0 Å². The fraction of sp³-hybridized carbons (Fsp3) is 0.273. The molecule has 3 aromatic rings. The van der Waals surface area contributed by atoms with Crippen LogP contribution in [0.4, 0.5) is 5.69 Å². The van der Waals surface area contributed by atoms with Crippen LogP contribution in [-0.4, -0.2) is 23.8 Å². The number of fused-ring (bicyclic) bond motifs is 2. The minimum atomic E-state index is -0.0870. The molecule has 0 fully saturated rings. The summed E-state index contributed by atoms with van der Waals surface area (Å²) in [5.41, 5.74) is 4.08. The molecular formula is C22H21ClN2O2S. The molecule has 4 rings (SSSR count). The monoisotopic (exact) mass is 412 g/mol. The predicted octanol–water partition coefficient (Wildman–Crippen LogP) is 5.51. The van der Waals surface area contributed by atoms with Crippen LogP contribution in [0.1, 0.15) is 24.1 Å². The van der Waals surface area contributed by atoms with Gasteiger partial charge < -0.3 is 10.1 Å². The lowest BCUT2D eigenvalue weighted by Crippen LogP contribution is -2.15. The van der Waals surface area contributed by atoms with E-state index in [-0.39, 0.29) is 5.91 Å². The van der Waals surface area contributed by atoms with Crippen LogP contribution in [0.25, 0.3) is 10.9 Å². The van der Waals surface area contributed by atoms with Gasteiger partial charge >= 0.3 is 0 Å². The van der Waals surface area contributed by atoms with Crippen molar-refractivity contribution in [1.29, 1.82) is 0 Å². The Kier molecular flexibility index (Phi) is 5.74. The molecular weight excluding hydrogens is 392 g/mol. The molecule has 1 aliphatic carbocycles. The first-order valence-corrected chi connectivity index (χ1v) is 10.7. The van der Waals surface area contributed by atoms with Crippen LogP contribution in [0.3, 0.4) is 0 Å². The van der Waals surface area contributed by atoms with E-state index in [1.165, 1.54) is 29.0 Å². The maximum atomic E-state index is 12.6. The fourth-order valence-corrected chi connectivity index (χ4v) is 4.84. The molecule has 2 aromatic carbocycles. The van der Waals surface area contributed by atoms with Crippen LogP contribution in [-0.2, 0) is 17.6 Å². The molecule has 0 saturated heterocycles. The van der Waals surface area contributed by atoms with E-state index in [2.05, 4.69) is 11.4 Å². The summed E-state index contributed by atoms with van der Waals surface area (Å²) >= 11 is 7.64. The molecule has 0 bridgehead atoms. The third-order valence-electron chi connectivity index (χ3n) is 4.90. The smallest absolute Gasteiger partial charge is 0.234 e. The number of ether oxygens (including phenoxy) is 1. The number of aryl methyl sites for hydroxylation is 1. The summed E-state index contributed by atoms with van der Waals surface area (Å²) in [7, 11) is 1.57. The molecule has 0 unspecified atom stereocenters. The number of aromatic nitrogens is 1. The molecule has 1 aromatic heterocycles. The molecule has 1 amide bonds. The van der Waals surface area contributed by atoms with E-state index in [1.807, 2.05) is 18.2 Å². The van der Waals surface area contributed by atoms with Crippen molar-refractivity contribution < 1.29 is 9.53 Å². The predicted molar refractivity (Wildman–Crippen MR) is 116 cm³/mol. The van der Waals surface area contributed by atoms with Gasteiger partial charge in [0, 0.05) is 21.0 Å². The second kappa shape index (κ2) is 8.41. The van der Waals surface area contributed by atoms with Gasteiger partial charge in [-0.1, -0.05) is 29.8 Å². The number of hydrogen-bond donors (Lipinski definition) is 1. The van der Waals surface area contributed by atoms with E-state index in [0.717, 1.165) is 23.7 Å². The normalized spacial score (nSPS) is 13.2. The van der Waals surface area contributed by atoms with Gasteiger partial charge in [-0.3, -0.25) is 9.78 Å². The zero-order valence-corrected chi connectivity index (χ0v) is 17.2. The molecule has 6 heteroatoms. The Labute approximate surface area is 173 Å². The average molecular weight is 413 g/mol. The number of thioether (sulfide) groups is 1. The Morgan fingerprint density at radius 3 is 2.89 bits per heavy atom. The lowest BCUT2D eigenvalue weighted by atomic mass is 9.94. The van der Waals surface area contributed by atoms with Gasteiger partial charge in [0.1, 0.15) is 5.75 Å². The van der Waals surface area contributed by atoms with Crippen LogP contribution < -0.4 is 10.1 Å². The van der Waals surface area contributed by atoms with Gasteiger partial charge in [-0.25, -0.2) is 0 Å². The number of amides is 1. The van der Waals surface area contributed by atoms with Gasteiger partial charge in [0.05, 0.1) is 24.1 Å². The van der Waals surface area contributed by atoms with Crippen molar-refractivity contribution >= 4 is 45.9 Å². The van der Waals surface area contributed by atoms with Crippen LogP contribution in [0.2, 0.25) is 5.02 Å². The number of benzene rings is 2. The van der Waals surface area contributed by atoms with E-state index < -0.39 is 0 Å². The number of carbonyl (C=O) groups is 1. The minimum absolute atomic E-state index is 0.0870. The van der Waals surface area contributed by atoms with E-state index in [1.54, 1.807) is 37.1 Å². The first-order valence-electron chi connectivity index (χ1n) is 9.32. The molecule has 4 nitrogen and oxygen atoms in total. The molecule has 0 aliphatic heterocycles. The number of halogens is 1. The summed E-state index contributed by atoms with van der Waals surface area (Å²) in [5, 5.41) is 4.60. The summed E-state index contributed by atoms with van der Waals surface area (Å²) < 4.78 is 5.31. The highest BCUT2D eigenvalue weighted by molar-refractivity contribution is 8.00. The maximum Gasteiger partial charge on any atom is 0.234 e. The zero-order valence-electron chi connectivity index (χ0n) is 15.6. The number of rotatable bonds is 5. The zero-order chi connectivity index (χ0) is 19.5. The lowest BCUT2D eigenvalue weighted by molar-refractivity contribution is -0.113. The SMILES string of the molecule is COc1ccc(Cl)cc1NC(=O)CSc1c2c(nc3ccccc13)CCCC2. The first kappa shape index (κ1) is 19.1. The highest BCUT2D eigenvalue weighted by atomic mass is 35.5. The summed E-state index contributed by atoms with van der Waals surface area (Å²) in [4.78, 5) is 18.7. The molecule has 0 saturated carbocycles. The molecule has 1 aliphatic rings. The van der Waals surface area contributed by atoms with Crippen LogP contribution in [0.15, 0.2) is 47.4 Å². The maximum absolute atomic E-state index is 12.6. The van der Waals surface area contributed by atoms with Crippen LogP contribution in [0, 0.1) is 0 Å². The van der Waals surface area contributed by atoms with E-state index >= 15 is 0 Å². The van der Waals surface area contributed by atoms with Gasteiger partial charge in [0.2, 0.25) is 5.91 Å². The Morgan fingerprint density at radius 2 is 2.04 bits per heavy atom. The fourth-order valence-electron chi connectivity index (χ4n) is 3.60. The van der Waals surface area contributed by atoms with E-state index in [4.69, 9.17) is 21.3 Å². The van der Waals surface area contributed by atoms with Gasteiger partial charge in [0.15, 0.2) is 0 Å². The second-order valence-corrected chi connectivity index (χ2v) is 8.19. The molecule has 144 valence electrons. The molecule has 0 atom stereocenters. The Hall–Kier alpha value is -2.24.